The van der Waals surface area contributed by atoms with Crippen LogP contribution >= 0.6 is 0 Å². The van der Waals surface area contributed by atoms with E-state index in [1.165, 1.54) is 18.3 Å². The van der Waals surface area contributed by atoms with Crippen molar-refractivity contribution in [3.8, 4) is 0 Å². The first-order valence-corrected chi connectivity index (χ1v) is 6.52. The number of amides is 2. The number of carbonyl (C=O) groups is 1. The Morgan fingerprint density at radius 2 is 2.00 bits per heavy atom. The number of rotatable bonds is 5. The maximum atomic E-state index is 13.4. The number of aliphatic hydroxyl groups excluding tert-OH is 1. The lowest BCUT2D eigenvalue weighted by atomic mass is 10.1. The van der Waals surface area contributed by atoms with Crippen LogP contribution in [0.2, 0.25) is 0 Å². The smallest absolute Gasteiger partial charge is 0.320 e. The molecule has 0 aliphatic heterocycles. The van der Waals surface area contributed by atoms with Gasteiger partial charge in [0.2, 0.25) is 0 Å². The molecule has 0 radical (unpaired) electrons. The summed E-state index contributed by atoms with van der Waals surface area (Å²) in [5, 5.41) is 14.2. The van der Waals surface area contributed by atoms with Crippen molar-refractivity contribution in [3.05, 3.63) is 60.0 Å². The largest absolute Gasteiger partial charge is 0.394 e. The van der Waals surface area contributed by atoms with Gasteiger partial charge in [0.05, 0.1) is 12.6 Å². The van der Waals surface area contributed by atoms with Gasteiger partial charge >= 0.3 is 6.03 Å². The van der Waals surface area contributed by atoms with Gasteiger partial charge in [-0.2, -0.15) is 0 Å². The van der Waals surface area contributed by atoms with Crippen molar-refractivity contribution in [3.63, 3.8) is 0 Å². The number of aromatic nitrogens is 1. The Morgan fingerprint density at radius 3 is 2.67 bits per heavy atom. The first kappa shape index (κ1) is 14.9. The Kier molecular flexibility index (Phi) is 5.22. The van der Waals surface area contributed by atoms with Gasteiger partial charge in [0.1, 0.15) is 0 Å². The fourth-order valence-corrected chi connectivity index (χ4v) is 1.87. The number of nitrogens with zero attached hydrogens (tertiary/aromatic N) is 1. The molecule has 1 aromatic heterocycles. The highest BCUT2D eigenvalue weighted by molar-refractivity contribution is 5.88. The summed E-state index contributed by atoms with van der Waals surface area (Å²) in [5.41, 5.74) is 0.987. The summed E-state index contributed by atoms with van der Waals surface area (Å²) in [6, 6.07) is 11.0. The number of pyridine rings is 1. The summed E-state index contributed by atoms with van der Waals surface area (Å²) in [6.45, 7) is -0.215. The highest BCUT2D eigenvalue weighted by Gasteiger charge is 2.13. The van der Waals surface area contributed by atoms with Gasteiger partial charge in [-0.05, 0) is 24.1 Å². The molecule has 2 rings (SSSR count). The average molecular weight is 289 g/mol. The van der Waals surface area contributed by atoms with E-state index in [1.807, 2.05) is 30.3 Å². The van der Waals surface area contributed by atoms with Gasteiger partial charge in [-0.3, -0.25) is 5.32 Å². The number of urea groups is 1. The predicted molar refractivity (Wildman–Crippen MR) is 77.4 cm³/mol. The molecule has 0 aliphatic rings. The summed E-state index contributed by atoms with van der Waals surface area (Å²) in [6.07, 6.45) is 1.86. The van der Waals surface area contributed by atoms with Crippen molar-refractivity contribution >= 4 is 11.8 Å². The van der Waals surface area contributed by atoms with E-state index in [9.17, 15) is 14.3 Å². The number of hydrogen-bond donors (Lipinski definition) is 3. The Hall–Kier alpha value is -2.47. The molecule has 2 aromatic rings. The second-order valence-corrected chi connectivity index (χ2v) is 4.50. The van der Waals surface area contributed by atoms with Crippen LogP contribution in [0, 0.1) is 5.82 Å². The van der Waals surface area contributed by atoms with Gasteiger partial charge in [0.25, 0.3) is 0 Å². The van der Waals surface area contributed by atoms with E-state index in [-0.39, 0.29) is 12.4 Å². The molecular formula is C15H16FN3O2. The van der Waals surface area contributed by atoms with Crippen LogP contribution in [-0.4, -0.2) is 28.8 Å². The van der Waals surface area contributed by atoms with Crippen LogP contribution in [-0.2, 0) is 6.42 Å². The maximum Gasteiger partial charge on any atom is 0.320 e. The van der Waals surface area contributed by atoms with Gasteiger partial charge in [-0.15, -0.1) is 0 Å². The van der Waals surface area contributed by atoms with Crippen molar-refractivity contribution in [2.45, 2.75) is 12.5 Å². The fraction of sp³-hybridized carbons (Fsp3) is 0.200. The summed E-state index contributed by atoms with van der Waals surface area (Å²) >= 11 is 0. The molecule has 6 heteroatoms. The lowest BCUT2D eigenvalue weighted by Gasteiger charge is -2.16. The molecule has 1 aromatic carbocycles. The Labute approximate surface area is 121 Å². The van der Waals surface area contributed by atoms with Gasteiger partial charge < -0.3 is 10.4 Å². The third-order valence-corrected chi connectivity index (χ3v) is 2.87. The number of carbonyl (C=O) groups excluding carboxylic acids is 1. The number of hydrogen-bond acceptors (Lipinski definition) is 3. The molecule has 0 aliphatic carbocycles. The minimum atomic E-state index is -0.615. The van der Waals surface area contributed by atoms with Crippen LogP contribution in [0.25, 0.3) is 0 Å². The second-order valence-electron chi connectivity index (χ2n) is 4.50. The van der Waals surface area contributed by atoms with Crippen LogP contribution < -0.4 is 10.6 Å². The molecule has 3 N–H and O–H groups in total. The van der Waals surface area contributed by atoms with E-state index in [0.717, 1.165) is 5.56 Å². The molecule has 5 nitrogen and oxygen atoms in total. The number of aliphatic hydroxyl groups is 1. The topological polar surface area (TPSA) is 74.2 Å². The molecule has 0 saturated heterocycles. The van der Waals surface area contributed by atoms with Crippen molar-refractivity contribution in [1.29, 1.82) is 0 Å². The minimum Gasteiger partial charge on any atom is -0.394 e. The van der Waals surface area contributed by atoms with E-state index in [4.69, 9.17) is 0 Å². The van der Waals surface area contributed by atoms with Crippen LogP contribution in [0.4, 0.5) is 15.0 Å². The number of anilines is 1. The van der Waals surface area contributed by atoms with Crippen LogP contribution in [0.5, 0.6) is 0 Å². The predicted octanol–water partition coefficient (Wildman–Crippen LogP) is 1.95. The third-order valence-electron chi connectivity index (χ3n) is 2.87. The Balaban J connectivity index is 1.92. The van der Waals surface area contributed by atoms with Gasteiger partial charge in [0.15, 0.2) is 11.6 Å². The highest BCUT2D eigenvalue weighted by atomic mass is 19.1. The zero-order valence-electron chi connectivity index (χ0n) is 11.3. The standard InChI is InChI=1S/C15H16FN3O2/c16-13-7-4-8-17-14(13)19-15(21)18-12(10-20)9-11-5-2-1-3-6-11/h1-8,12,20H,9-10H2,(H2,17,18,19,21)/t12-/m1/s1. The van der Waals surface area contributed by atoms with Crippen molar-refractivity contribution in [1.82, 2.24) is 10.3 Å². The highest BCUT2D eigenvalue weighted by Crippen LogP contribution is 2.08. The molecule has 1 heterocycles. The van der Waals surface area contributed by atoms with E-state index >= 15 is 0 Å². The Morgan fingerprint density at radius 1 is 1.24 bits per heavy atom. The summed E-state index contributed by atoms with van der Waals surface area (Å²) in [4.78, 5) is 15.5. The fourth-order valence-electron chi connectivity index (χ4n) is 1.87. The first-order valence-electron chi connectivity index (χ1n) is 6.52. The van der Waals surface area contributed by atoms with Crippen molar-refractivity contribution < 1.29 is 14.3 Å². The normalized spacial score (nSPS) is 11.7. The molecular weight excluding hydrogens is 273 g/mol. The van der Waals surface area contributed by atoms with Crippen LogP contribution in [0.3, 0.4) is 0 Å². The van der Waals surface area contributed by atoms with Gasteiger partial charge in [-0.1, -0.05) is 30.3 Å². The van der Waals surface area contributed by atoms with E-state index in [1.54, 1.807) is 0 Å². The zero-order chi connectivity index (χ0) is 15.1. The van der Waals surface area contributed by atoms with Crippen molar-refractivity contribution in [2.24, 2.45) is 0 Å². The maximum absolute atomic E-state index is 13.4. The summed E-state index contributed by atoms with van der Waals surface area (Å²) in [7, 11) is 0. The van der Waals surface area contributed by atoms with Crippen LogP contribution in [0.15, 0.2) is 48.7 Å². The number of nitrogens with one attached hydrogen (secondary N) is 2. The van der Waals surface area contributed by atoms with Crippen LogP contribution in [0.1, 0.15) is 5.56 Å². The molecule has 0 spiro atoms. The molecule has 1 atom stereocenters. The quantitative estimate of drug-likeness (QED) is 0.787. The average Bonchev–Trinajstić information content (AvgIpc) is 2.50. The lowest BCUT2D eigenvalue weighted by molar-refractivity contribution is 0.224. The number of halogens is 1. The molecule has 21 heavy (non-hydrogen) atoms. The Bertz CT molecular complexity index is 592. The molecule has 0 saturated carbocycles. The van der Waals surface area contributed by atoms with Crippen molar-refractivity contribution in [2.75, 3.05) is 11.9 Å². The van der Waals surface area contributed by atoms with Gasteiger partial charge in [-0.25, -0.2) is 14.2 Å². The molecule has 2 amide bonds. The SMILES string of the molecule is O=C(Nc1ncccc1F)N[C@@H](CO)Cc1ccccc1. The zero-order valence-corrected chi connectivity index (χ0v) is 11.3. The first-order chi connectivity index (χ1) is 10.2. The molecule has 0 unspecified atom stereocenters. The van der Waals surface area contributed by atoms with E-state index in [0.29, 0.717) is 6.42 Å². The lowest BCUT2D eigenvalue weighted by Crippen LogP contribution is -2.41. The van der Waals surface area contributed by atoms with E-state index in [2.05, 4.69) is 15.6 Å². The summed E-state index contributed by atoms with van der Waals surface area (Å²) in [5.74, 6) is -0.761. The summed E-state index contributed by atoms with van der Waals surface area (Å²) < 4.78 is 13.4. The molecule has 0 fully saturated rings. The molecule has 0 bridgehead atoms. The number of benzene rings is 1. The monoisotopic (exact) mass is 289 g/mol. The second kappa shape index (κ2) is 7.35. The third kappa shape index (κ3) is 4.54. The minimum absolute atomic E-state index is 0.147. The van der Waals surface area contributed by atoms with Gasteiger partial charge in [0, 0.05) is 6.20 Å². The van der Waals surface area contributed by atoms with E-state index < -0.39 is 17.9 Å². The molecule has 110 valence electrons.